The summed E-state index contributed by atoms with van der Waals surface area (Å²) in [6.07, 6.45) is 2.69. The maximum atomic E-state index is 11.6. The van der Waals surface area contributed by atoms with Crippen LogP contribution in [-0.4, -0.2) is 49.1 Å². The van der Waals surface area contributed by atoms with Crippen molar-refractivity contribution in [2.75, 3.05) is 30.5 Å². The largest absolute Gasteiger partial charge is 0.493 e. The Labute approximate surface area is 178 Å². The summed E-state index contributed by atoms with van der Waals surface area (Å²) in [6, 6.07) is 12.3. The summed E-state index contributed by atoms with van der Waals surface area (Å²) in [5.74, 6) is 2.10. The average Bonchev–Trinajstić information content (AvgIpc) is 3.21. The van der Waals surface area contributed by atoms with Crippen LogP contribution in [0.5, 0.6) is 11.5 Å². The zero-order chi connectivity index (χ0) is 22.0. The fraction of sp³-hybridized carbons (Fsp3) is 0.150. The molecule has 31 heavy (non-hydrogen) atoms. The minimum Gasteiger partial charge on any atom is -0.493 e. The van der Waals surface area contributed by atoms with Crippen molar-refractivity contribution >= 4 is 38.2 Å². The summed E-state index contributed by atoms with van der Waals surface area (Å²) in [4.78, 5) is 9.17. The molecule has 160 valence electrons. The monoisotopic (exact) mass is 440 g/mol. The van der Waals surface area contributed by atoms with Gasteiger partial charge in [-0.3, -0.25) is 9.82 Å². The van der Waals surface area contributed by atoms with Crippen LogP contribution >= 0.6 is 0 Å². The molecule has 0 bridgehead atoms. The quantitative estimate of drug-likeness (QED) is 0.399. The lowest BCUT2D eigenvalue weighted by Crippen LogP contribution is -2.09. The molecule has 0 fully saturated rings. The van der Waals surface area contributed by atoms with E-state index in [4.69, 9.17) is 9.47 Å². The van der Waals surface area contributed by atoms with Crippen LogP contribution < -0.4 is 19.5 Å². The van der Waals surface area contributed by atoms with Crippen molar-refractivity contribution in [1.82, 2.24) is 20.2 Å². The number of ether oxygens (including phenoxy) is 2. The number of H-pyrrole nitrogens is 1. The molecule has 0 aliphatic rings. The first kappa shape index (κ1) is 20.4. The van der Waals surface area contributed by atoms with Gasteiger partial charge < -0.3 is 14.8 Å². The van der Waals surface area contributed by atoms with E-state index in [-0.39, 0.29) is 0 Å². The van der Waals surface area contributed by atoms with Crippen LogP contribution in [0.15, 0.2) is 48.7 Å². The van der Waals surface area contributed by atoms with Gasteiger partial charge in [-0.15, -0.1) is 0 Å². The number of aromatic nitrogens is 4. The smallest absolute Gasteiger partial charge is 0.229 e. The highest BCUT2D eigenvalue weighted by atomic mass is 32.2. The van der Waals surface area contributed by atoms with Gasteiger partial charge in [-0.05, 0) is 24.3 Å². The van der Waals surface area contributed by atoms with E-state index in [1.165, 1.54) is 0 Å². The van der Waals surface area contributed by atoms with Gasteiger partial charge in [-0.25, -0.2) is 18.4 Å². The number of hydrogen-bond acceptors (Lipinski definition) is 8. The Hall–Kier alpha value is -3.86. The minimum absolute atomic E-state index is 0.411. The van der Waals surface area contributed by atoms with Crippen molar-refractivity contribution in [3.8, 4) is 22.9 Å². The Bertz CT molecular complexity index is 1350. The first-order chi connectivity index (χ1) is 14.9. The van der Waals surface area contributed by atoms with Crippen molar-refractivity contribution in [2.45, 2.75) is 0 Å². The van der Waals surface area contributed by atoms with Gasteiger partial charge in [0.05, 0.1) is 26.7 Å². The highest BCUT2D eigenvalue weighted by Gasteiger charge is 2.14. The lowest BCUT2D eigenvalue weighted by atomic mass is 10.2. The minimum atomic E-state index is -3.40. The Morgan fingerprint density at radius 1 is 0.968 bits per heavy atom. The molecule has 2 aromatic heterocycles. The van der Waals surface area contributed by atoms with E-state index >= 15 is 0 Å². The molecule has 0 saturated carbocycles. The van der Waals surface area contributed by atoms with Crippen molar-refractivity contribution < 1.29 is 17.9 Å². The zero-order valence-electron chi connectivity index (χ0n) is 17.0. The molecule has 0 spiro atoms. The number of nitrogens with zero attached hydrogens (tertiary/aromatic N) is 3. The first-order valence-corrected chi connectivity index (χ1v) is 11.0. The molecular formula is C20H20N6O4S. The molecule has 0 saturated heterocycles. The Morgan fingerprint density at radius 3 is 2.52 bits per heavy atom. The second-order valence-electron chi connectivity index (χ2n) is 6.68. The summed E-state index contributed by atoms with van der Waals surface area (Å²) in [7, 11) is -0.267. The van der Waals surface area contributed by atoms with Crippen molar-refractivity contribution in [2.24, 2.45) is 0 Å². The summed E-state index contributed by atoms with van der Waals surface area (Å²) in [5, 5.41) is 10.2. The second kappa shape index (κ2) is 8.11. The van der Waals surface area contributed by atoms with Crippen molar-refractivity contribution in [3.05, 3.63) is 48.7 Å². The van der Waals surface area contributed by atoms with E-state index in [0.29, 0.717) is 45.4 Å². The molecule has 11 heteroatoms. The lowest BCUT2D eigenvalue weighted by Gasteiger charge is -2.12. The summed E-state index contributed by atoms with van der Waals surface area (Å²) in [5.41, 5.74) is 3.03. The van der Waals surface area contributed by atoms with Crippen LogP contribution in [0, 0.1) is 0 Å². The van der Waals surface area contributed by atoms with Crippen LogP contribution in [0.4, 0.5) is 17.2 Å². The predicted octanol–water partition coefficient (Wildman–Crippen LogP) is 3.15. The van der Waals surface area contributed by atoms with Crippen LogP contribution in [0.25, 0.3) is 22.4 Å². The molecule has 0 aliphatic heterocycles. The fourth-order valence-electron chi connectivity index (χ4n) is 3.05. The first-order valence-electron chi connectivity index (χ1n) is 9.14. The van der Waals surface area contributed by atoms with E-state index in [1.54, 1.807) is 56.8 Å². The lowest BCUT2D eigenvalue weighted by molar-refractivity contribution is 0.355. The van der Waals surface area contributed by atoms with Crippen LogP contribution in [-0.2, 0) is 10.0 Å². The number of rotatable bonds is 7. The number of benzene rings is 2. The van der Waals surface area contributed by atoms with Crippen LogP contribution in [0.2, 0.25) is 0 Å². The number of hydrogen-bond donors (Lipinski definition) is 3. The third-order valence-corrected chi connectivity index (χ3v) is 4.98. The highest BCUT2D eigenvalue weighted by molar-refractivity contribution is 7.92. The van der Waals surface area contributed by atoms with Gasteiger partial charge in [0.15, 0.2) is 23.1 Å². The van der Waals surface area contributed by atoms with Crippen molar-refractivity contribution in [3.63, 3.8) is 0 Å². The number of aromatic amines is 1. The molecule has 0 atom stereocenters. The van der Waals surface area contributed by atoms with Crippen LogP contribution in [0.1, 0.15) is 0 Å². The molecule has 0 aliphatic carbocycles. The number of sulfonamides is 1. The molecule has 2 aromatic carbocycles. The molecular weight excluding hydrogens is 420 g/mol. The highest BCUT2D eigenvalue weighted by Crippen LogP contribution is 2.32. The molecule has 2 heterocycles. The summed E-state index contributed by atoms with van der Waals surface area (Å²) >= 11 is 0. The topological polar surface area (TPSA) is 131 Å². The van der Waals surface area contributed by atoms with Crippen molar-refractivity contribution in [1.29, 1.82) is 0 Å². The standard InChI is InChI=1S/C20H20N6O4S/c1-29-16-8-7-13(10-17(16)30-2)22-20-18-15(11-21-25-18)23-19(24-20)12-5-4-6-14(9-12)26-31(3,27)28/h4-11,26H,1-3H3,(H,21,25)(H,22,23,24). The predicted molar refractivity (Wildman–Crippen MR) is 118 cm³/mol. The third-order valence-electron chi connectivity index (χ3n) is 4.37. The van der Waals surface area contributed by atoms with Gasteiger partial charge >= 0.3 is 0 Å². The van der Waals surface area contributed by atoms with Crippen LogP contribution in [0.3, 0.4) is 0 Å². The zero-order valence-corrected chi connectivity index (χ0v) is 17.8. The van der Waals surface area contributed by atoms with E-state index in [2.05, 4.69) is 30.2 Å². The third kappa shape index (κ3) is 4.51. The Morgan fingerprint density at radius 2 is 1.77 bits per heavy atom. The Balaban J connectivity index is 1.75. The maximum Gasteiger partial charge on any atom is 0.229 e. The number of methoxy groups -OCH3 is 2. The second-order valence-corrected chi connectivity index (χ2v) is 8.42. The average molecular weight is 440 g/mol. The van der Waals surface area contributed by atoms with Gasteiger partial charge in [-0.2, -0.15) is 5.10 Å². The Kier molecular flexibility index (Phi) is 5.34. The normalized spacial score (nSPS) is 11.3. The molecule has 0 amide bonds. The van der Waals surface area contributed by atoms with E-state index < -0.39 is 10.0 Å². The number of fused-ring (bicyclic) bond motifs is 1. The maximum absolute atomic E-state index is 11.6. The molecule has 0 unspecified atom stereocenters. The van der Waals surface area contributed by atoms with E-state index in [0.717, 1.165) is 11.9 Å². The summed E-state index contributed by atoms with van der Waals surface area (Å²) < 4.78 is 36.2. The van der Waals surface area contributed by atoms with E-state index in [1.807, 2.05) is 6.07 Å². The van der Waals surface area contributed by atoms with Gasteiger partial charge in [0.25, 0.3) is 0 Å². The molecule has 4 aromatic rings. The molecule has 10 nitrogen and oxygen atoms in total. The number of nitrogens with one attached hydrogen (secondary N) is 3. The molecule has 0 radical (unpaired) electrons. The van der Waals surface area contributed by atoms with Gasteiger partial charge in [0.2, 0.25) is 10.0 Å². The number of anilines is 3. The molecule has 3 N–H and O–H groups in total. The van der Waals surface area contributed by atoms with E-state index in [9.17, 15) is 8.42 Å². The SMILES string of the molecule is COc1ccc(Nc2nc(-c3cccc(NS(C)(=O)=O)c3)nc3cn[nH]c23)cc1OC. The summed E-state index contributed by atoms with van der Waals surface area (Å²) in [6.45, 7) is 0. The van der Waals surface area contributed by atoms with Gasteiger partial charge in [-0.1, -0.05) is 12.1 Å². The van der Waals surface area contributed by atoms with Gasteiger partial charge in [0, 0.05) is 23.0 Å². The molecule has 4 rings (SSSR count). The van der Waals surface area contributed by atoms with Gasteiger partial charge in [0.1, 0.15) is 11.0 Å². The fourth-order valence-corrected chi connectivity index (χ4v) is 3.60.